The molecule has 1 aromatic carbocycles. The van der Waals surface area contributed by atoms with Gasteiger partial charge < -0.3 is 15.4 Å². The minimum Gasteiger partial charge on any atom is -0.481 e. The number of benzene rings is 1. The van der Waals surface area contributed by atoms with Gasteiger partial charge in [0.2, 0.25) is 0 Å². The molecule has 19 heavy (non-hydrogen) atoms. The van der Waals surface area contributed by atoms with E-state index in [0.29, 0.717) is 12.1 Å². The maximum atomic E-state index is 10.8. The van der Waals surface area contributed by atoms with Crippen LogP contribution >= 0.6 is 0 Å². The summed E-state index contributed by atoms with van der Waals surface area (Å²) in [6, 6.07) is 7.45. The Morgan fingerprint density at radius 1 is 1.37 bits per heavy atom. The fourth-order valence-electron chi connectivity index (χ4n) is 1.63. The highest BCUT2D eigenvalue weighted by Crippen LogP contribution is 2.16. The summed E-state index contributed by atoms with van der Waals surface area (Å²) in [6.45, 7) is 0. The van der Waals surface area contributed by atoms with Crippen LogP contribution in [-0.2, 0) is 11.2 Å². The largest absolute Gasteiger partial charge is 0.481 e. The number of aliphatic carboxylic acids is 1. The smallest absolute Gasteiger partial charge is 0.345 e. The summed E-state index contributed by atoms with van der Waals surface area (Å²) in [5.74, 6) is -0.816. The maximum Gasteiger partial charge on any atom is 0.345 e. The van der Waals surface area contributed by atoms with Gasteiger partial charge in [0.25, 0.3) is 0 Å². The van der Waals surface area contributed by atoms with E-state index in [1.165, 1.54) is 12.4 Å². The Morgan fingerprint density at radius 2 is 2.21 bits per heavy atom. The molecule has 0 spiro atoms. The van der Waals surface area contributed by atoms with Gasteiger partial charge in [-0.3, -0.25) is 4.79 Å². The molecule has 0 atom stereocenters. The number of carbonyl (C=O) groups is 1. The third-order valence-corrected chi connectivity index (χ3v) is 2.52. The monoisotopic (exact) mass is 259 g/mol. The molecule has 2 rings (SSSR count). The third-order valence-electron chi connectivity index (χ3n) is 2.52. The number of carboxylic acid groups (broad SMARTS) is 1. The summed E-state index contributed by atoms with van der Waals surface area (Å²) in [4.78, 5) is 27.4. The van der Waals surface area contributed by atoms with Gasteiger partial charge in [-0.15, -0.1) is 0 Å². The Bertz CT molecular complexity index is 617. The summed E-state index contributed by atoms with van der Waals surface area (Å²) in [5.41, 5.74) is 2.01. The first-order chi connectivity index (χ1) is 9.13. The molecule has 0 aliphatic rings. The lowest BCUT2D eigenvalue weighted by molar-refractivity contribution is -0.136. The second-order valence-corrected chi connectivity index (χ2v) is 4.03. The molecule has 0 fully saturated rings. The van der Waals surface area contributed by atoms with Crippen LogP contribution in [-0.4, -0.2) is 21.0 Å². The number of aromatic nitrogens is 2. The number of aromatic amines is 1. The van der Waals surface area contributed by atoms with Crippen LogP contribution in [0.3, 0.4) is 0 Å². The second kappa shape index (κ2) is 5.81. The third kappa shape index (κ3) is 3.95. The Hall–Kier alpha value is -2.63. The number of hydrogen-bond donors (Lipinski definition) is 3. The van der Waals surface area contributed by atoms with E-state index in [2.05, 4.69) is 15.3 Å². The van der Waals surface area contributed by atoms with E-state index < -0.39 is 11.7 Å². The van der Waals surface area contributed by atoms with Crippen LogP contribution in [0.2, 0.25) is 0 Å². The van der Waals surface area contributed by atoms with Crippen molar-refractivity contribution < 1.29 is 9.90 Å². The van der Waals surface area contributed by atoms with Crippen molar-refractivity contribution in [2.24, 2.45) is 0 Å². The predicted octanol–water partition coefficient (Wildman–Crippen LogP) is 1.53. The number of nitrogens with zero attached hydrogens (tertiary/aromatic N) is 1. The van der Waals surface area contributed by atoms with Gasteiger partial charge in [0.1, 0.15) is 0 Å². The fourth-order valence-corrected chi connectivity index (χ4v) is 1.63. The van der Waals surface area contributed by atoms with E-state index in [9.17, 15) is 9.59 Å². The molecular formula is C13H13N3O3. The lowest BCUT2D eigenvalue weighted by Gasteiger charge is -2.07. The quantitative estimate of drug-likeness (QED) is 0.756. The normalized spacial score (nSPS) is 10.1. The highest BCUT2D eigenvalue weighted by molar-refractivity contribution is 5.67. The molecule has 0 bridgehead atoms. The maximum absolute atomic E-state index is 10.8. The molecule has 0 aliphatic carbocycles. The molecule has 1 aromatic heterocycles. The number of carboxylic acids is 1. The first-order valence-corrected chi connectivity index (χ1v) is 5.76. The molecule has 0 saturated heterocycles. The number of aryl methyl sites for hydroxylation is 1. The van der Waals surface area contributed by atoms with Crippen LogP contribution in [0.15, 0.2) is 41.5 Å². The predicted molar refractivity (Wildman–Crippen MR) is 70.5 cm³/mol. The van der Waals surface area contributed by atoms with Crippen molar-refractivity contribution in [2.75, 3.05) is 5.32 Å². The van der Waals surface area contributed by atoms with E-state index in [0.717, 1.165) is 11.3 Å². The zero-order chi connectivity index (χ0) is 13.7. The summed E-state index contributed by atoms with van der Waals surface area (Å²) >= 11 is 0. The molecule has 0 saturated carbocycles. The summed E-state index contributed by atoms with van der Waals surface area (Å²) in [5, 5.41) is 11.7. The molecule has 0 unspecified atom stereocenters. The summed E-state index contributed by atoms with van der Waals surface area (Å²) in [6.07, 6.45) is 3.54. The van der Waals surface area contributed by atoms with Crippen molar-refractivity contribution in [3.63, 3.8) is 0 Å². The minimum atomic E-state index is -0.816. The number of rotatable bonds is 5. The molecular weight excluding hydrogens is 246 g/mol. The van der Waals surface area contributed by atoms with Crippen molar-refractivity contribution in [1.29, 1.82) is 0 Å². The van der Waals surface area contributed by atoms with E-state index in [1.807, 2.05) is 24.3 Å². The molecule has 0 radical (unpaired) electrons. The van der Waals surface area contributed by atoms with Gasteiger partial charge in [-0.1, -0.05) is 12.1 Å². The van der Waals surface area contributed by atoms with Crippen molar-refractivity contribution in [2.45, 2.75) is 12.8 Å². The molecule has 1 heterocycles. The fraction of sp³-hybridized carbons (Fsp3) is 0.154. The van der Waals surface area contributed by atoms with Gasteiger partial charge in [-0.2, -0.15) is 4.98 Å². The zero-order valence-corrected chi connectivity index (χ0v) is 10.1. The van der Waals surface area contributed by atoms with Crippen LogP contribution in [0.25, 0.3) is 0 Å². The number of H-pyrrole nitrogens is 1. The van der Waals surface area contributed by atoms with Crippen LogP contribution in [0.4, 0.5) is 11.4 Å². The average Bonchev–Trinajstić information content (AvgIpc) is 2.40. The van der Waals surface area contributed by atoms with Crippen LogP contribution in [0.5, 0.6) is 0 Å². The molecule has 0 amide bonds. The molecule has 6 heteroatoms. The van der Waals surface area contributed by atoms with Gasteiger partial charge in [0, 0.05) is 18.3 Å². The van der Waals surface area contributed by atoms with Crippen LogP contribution in [0, 0.1) is 0 Å². The number of anilines is 2. The van der Waals surface area contributed by atoms with E-state index in [-0.39, 0.29) is 6.42 Å². The van der Waals surface area contributed by atoms with Gasteiger partial charge in [0.15, 0.2) is 0 Å². The molecule has 2 aromatic rings. The SMILES string of the molecule is O=C(O)CCc1cccc(Nc2cnc(=O)[nH]c2)c1. The lowest BCUT2D eigenvalue weighted by atomic mass is 10.1. The first kappa shape index (κ1) is 12.8. The lowest BCUT2D eigenvalue weighted by Crippen LogP contribution is -2.08. The Balaban J connectivity index is 2.08. The van der Waals surface area contributed by atoms with Crippen molar-refractivity contribution in [3.05, 3.63) is 52.7 Å². The molecule has 0 aliphatic heterocycles. The summed E-state index contributed by atoms with van der Waals surface area (Å²) < 4.78 is 0. The first-order valence-electron chi connectivity index (χ1n) is 5.76. The van der Waals surface area contributed by atoms with E-state index in [1.54, 1.807) is 0 Å². The average molecular weight is 259 g/mol. The Kier molecular flexibility index (Phi) is 3.92. The minimum absolute atomic E-state index is 0.101. The summed E-state index contributed by atoms with van der Waals surface area (Å²) in [7, 11) is 0. The molecule has 3 N–H and O–H groups in total. The highest BCUT2D eigenvalue weighted by atomic mass is 16.4. The van der Waals surface area contributed by atoms with E-state index in [4.69, 9.17) is 5.11 Å². The number of nitrogens with one attached hydrogen (secondary N) is 2. The van der Waals surface area contributed by atoms with Crippen LogP contribution in [0.1, 0.15) is 12.0 Å². The van der Waals surface area contributed by atoms with Crippen molar-refractivity contribution in [3.8, 4) is 0 Å². The Labute approximate surface area is 109 Å². The zero-order valence-electron chi connectivity index (χ0n) is 10.1. The van der Waals surface area contributed by atoms with Gasteiger partial charge in [0.05, 0.1) is 11.9 Å². The highest BCUT2D eigenvalue weighted by Gasteiger charge is 2.01. The van der Waals surface area contributed by atoms with Crippen LogP contribution < -0.4 is 11.0 Å². The second-order valence-electron chi connectivity index (χ2n) is 4.03. The van der Waals surface area contributed by atoms with Gasteiger partial charge in [-0.25, -0.2) is 4.79 Å². The van der Waals surface area contributed by atoms with Gasteiger partial charge in [-0.05, 0) is 24.1 Å². The van der Waals surface area contributed by atoms with Crippen molar-refractivity contribution >= 4 is 17.3 Å². The number of hydrogen-bond acceptors (Lipinski definition) is 4. The standard InChI is InChI=1S/C13H13N3O3/c17-12(18)5-4-9-2-1-3-10(6-9)16-11-7-14-13(19)15-8-11/h1-3,6-8,16H,4-5H2,(H,17,18)(H,14,15,19). The van der Waals surface area contributed by atoms with E-state index >= 15 is 0 Å². The topological polar surface area (TPSA) is 95.1 Å². The Morgan fingerprint density at radius 3 is 2.89 bits per heavy atom. The molecule has 6 nitrogen and oxygen atoms in total. The molecule has 98 valence electrons. The van der Waals surface area contributed by atoms with Gasteiger partial charge >= 0.3 is 11.7 Å². The van der Waals surface area contributed by atoms with Crippen molar-refractivity contribution in [1.82, 2.24) is 9.97 Å².